The maximum absolute atomic E-state index is 5.73. The van der Waals surface area contributed by atoms with E-state index in [0.717, 1.165) is 31.7 Å². The van der Waals surface area contributed by atoms with E-state index in [1.165, 1.54) is 32.2 Å². The molecule has 0 aromatic rings. The highest BCUT2D eigenvalue weighted by atomic mass is 16.5. The molecule has 0 amide bonds. The standard InChI is InChI=1S/C15H30N2O/c1-4-16-15-8-6-5-7-14(15)10-17-9-13(3)18-11-12(17)2/h12-16H,4-11H2,1-3H3. The minimum absolute atomic E-state index is 0.405. The second-order valence-corrected chi connectivity index (χ2v) is 6.16. The maximum Gasteiger partial charge on any atom is 0.0674 e. The van der Waals surface area contributed by atoms with Gasteiger partial charge in [-0.1, -0.05) is 19.8 Å². The normalized spacial score (nSPS) is 38.8. The molecule has 0 bridgehead atoms. The first kappa shape index (κ1) is 14.3. The summed E-state index contributed by atoms with van der Waals surface area (Å²) in [6, 6.07) is 1.33. The van der Waals surface area contributed by atoms with Gasteiger partial charge in [-0.05, 0) is 39.2 Å². The van der Waals surface area contributed by atoms with Crippen LogP contribution in [0.25, 0.3) is 0 Å². The Bertz CT molecular complexity index is 245. The first-order valence-corrected chi connectivity index (χ1v) is 7.79. The predicted octanol–water partition coefficient (Wildman–Crippen LogP) is 2.26. The number of nitrogens with one attached hydrogen (secondary N) is 1. The number of morpholine rings is 1. The van der Waals surface area contributed by atoms with Gasteiger partial charge in [0.2, 0.25) is 0 Å². The minimum Gasteiger partial charge on any atom is -0.376 e. The van der Waals surface area contributed by atoms with Gasteiger partial charge in [0.1, 0.15) is 0 Å². The molecule has 0 aromatic carbocycles. The lowest BCUT2D eigenvalue weighted by molar-refractivity contribution is -0.0572. The Morgan fingerprint density at radius 3 is 2.78 bits per heavy atom. The lowest BCUT2D eigenvalue weighted by Crippen LogP contribution is -2.52. The van der Waals surface area contributed by atoms with E-state index in [4.69, 9.17) is 4.74 Å². The summed E-state index contributed by atoms with van der Waals surface area (Å²) >= 11 is 0. The van der Waals surface area contributed by atoms with Crippen molar-refractivity contribution in [2.45, 2.75) is 64.6 Å². The van der Waals surface area contributed by atoms with Crippen molar-refractivity contribution in [3.05, 3.63) is 0 Å². The first-order valence-electron chi connectivity index (χ1n) is 7.79. The van der Waals surface area contributed by atoms with Crippen LogP contribution in [0.2, 0.25) is 0 Å². The molecular formula is C15H30N2O. The zero-order valence-electron chi connectivity index (χ0n) is 12.3. The summed E-state index contributed by atoms with van der Waals surface area (Å²) in [4.78, 5) is 2.65. The fourth-order valence-electron chi connectivity index (χ4n) is 3.48. The number of nitrogens with zero attached hydrogens (tertiary/aromatic N) is 1. The van der Waals surface area contributed by atoms with Crippen LogP contribution in [0.4, 0.5) is 0 Å². The van der Waals surface area contributed by atoms with Crippen LogP contribution in [-0.2, 0) is 4.74 Å². The zero-order chi connectivity index (χ0) is 13.0. The second kappa shape index (κ2) is 6.88. The average Bonchev–Trinajstić information content (AvgIpc) is 2.36. The van der Waals surface area contributed by atoms with E-state index in [2.05, 4.69) is 31.0 Å². The molecule has 4 atom stereocenters. The van der Waals surface area contributed by atoms with Gasteiger partial charge < -0.3 is 10.1 Å². The lowest BCUT2D eigenvalue weighted by atomic mass is 9.83. The summed E-state index contributed by atoms with van der Waals surface area (Å²) in [7, 11) is 0. The van der Waals surface area contributed by atoms with Crippen LogP contribution in [0.3, 0.4) is 0 Å². The average molecular weight is 254 g/mol. The number of rotatable bonds is 4. The quantitative estimate of drug-likeness (QED) is 0.833. The smallest absolute Gasteiger partial charge is 0.0674 e. The molecular weight excluding hydrogens is 224 g/mol. The van der Waals surface area contributed by atoms with E-state index < -0.39 is 0 Å². The molecule has 1 saturated heterocycles. The van der Waals surface area contributed by atoms with Gasteiger partial charge in [0, 0.05) is 25.2 Å². The van der Waals surface area contributed by atoms with Crippen LogP contribution in [0.15, 0.2) is 0 Å². The monoisotopic (exact) mass is 254 g/mol. The van der Waals surface area contributed by atoms with Crippen molar-refractivity contribution in [3.63, 3.8) is 0 Å². The highest BCUT2D eigenvalue weighted by Gasteiger charge is 2.30. The summed E-state index contributed by atoms with van der Waals surface area (Å²) in [5.41, 5.74) is 0. The summed E-state index contributed by atoms with van der Waals surface area (Å²) in [6.45, 7) is 11.1. The fraction of sp³-hybridized carbons (Fsp3) is 1.00. The van der Waals surface area contributed by atoms with Gasteiger partial charge in [-0.25, -0.2) is 0 Å². The summed E-state index contributed by atoms with van der Waals surface area (Å²) in [6.07, 6.45) is 6.00. The largest absolute Gasteiger partial charge is 0.376 e. The van der Waals surface area contributed by atoms with Gasteiger partial charge in [0.15, 0.2) is 0 Å². The molecule has 2 fully saturated rings. The van der Waals surface area contributed by atoms with Crippen molar-refractivity contribution in [2.75, 3.05) is 26.2 Å². The third-order valence-corrected chi connectivity index (χ3v) is 4.58. The van der Waals surface area contributed by atoms with Gasteiger partial charge in [0.25, 0.3) is 0 Å². The Hall–Kier alpha value is -0.120. The zero-order valence-corrected chi connectivity index (χ0v) is 12.3. The second-order valence-electron chi connectivity index (χ2n) is 6.16. The maximum atomic E-state index is 5.73. The van der Waals surface area contributed by atoms with Crippen molar-refractivity contribution in [1.82, 2.24) is 10.2 Å². The summed E-state index contributed by atoms with van der Waals surface area (Å²) in [5, 5.41) is 3.69. The SMILES string of the molecule is CCNC1CCCCC1CN1CC(C)OCC1C. The van der Waals surface area contributed by atoms with Crippen LogP contribution in [0.1, 0.15) is 46.5 Å². The molecule has 1 heterocycles. The molecule has 3 nitrogen and oxygen atoms in total. The number of hydrogen-bond acceptors (Lipinski definition) is 3. The fourth-order valence-corrected chi connectivity index (χ4v) is 3.48. The highest BCUT2D eigenvalue weighted by molar-refractivity contribution is 4.85. The molecule has 4 unspecified atom stereocenters. The van der Waals surface area contributed by atoms with Crippen LogP contribution in [0, 0.1) is 5.92 Å². The van der Waals surface area contributed by atoms with E-state index in [1.54, 1.807) is 0 Å². The highest BCUT2D eigenvalue weighted by Crippen LogP contribution is 2.26. The lowest BCUT2D eigenvalue weighted by Gasteiger charge is -2.41. The topological polar surface area (TPSA) is 24.5 Å². The van der Waals surface area contributed by atoms with Gasteiger partial charge >= 0.3 is 0 Å². The molecule has 0 spiro atoms. The summed E-state index contributed by atoms with van der Waals surface area (Å²) < 4.78 is 5.73. The van der Waals surface area contributed by atoms with Crippen molar-refractivity contribution in [3.8, 4) is 0 Å². The van der Waals surface area contributed by atoms with Crippen LogP contribution in [0.5, 0.6) is 0 Å². The van der Waals surface area contributed by atoms with Gasteiger partial charge in [0.05, 0.1) is 12.7 Å². The number of hydrogen-bond donors (Lipinski definition) is 1. The molecule has 0 aromatic heterocycles. The molecule has 2 aliphatic rings. The molecule has 106 valence electrons. The third-order valence-electron chi connectivity index (χ3n) is 4.58. The van der Waals surface area contributed by atoms with Crippen LogP contribution in [-0.4, -0.2) is 49.3 Å². The van der Waals surface area contributed by atoms with E-state index in [1.807, 2.05) is 0 Å². The molecule has 18 heavy (non-hydrogen) atoms. The summed E-state index contributed by atoms with van der Waals surface area (Å²) in [5.74, 6) is 0.839. The van der Waals surface area contributed by atoms with Crippen LogP contribution < -0.4 is 5.32 Å². The molecule has 1 aliphatic carbocycles. The molecule has 1 saturated carbocycles. The number of ether oxygens (including phenoxy) is 1. The van der Waals surface area contributed by atoms with Gasteiger partial charge in [-0.15, -0.1) is 0 Å². The van der Waals surface area contributed by atoms with Crippen molar-refractivity contribution < 1.29 is 4.74 Å². The van der Waals surface area contributed by atoms with Crippen molar-refractivity contribution >= 4 is 0 Å². The minimum atomic E-state index is 0.405. The van der Waals surface area contributed by atoms with Gasteiger partial charge in [-0.2, -0.15) is 0 Å². The molecule has 2 rings (SSSR count). The van der Waals surface area contributed by atoms with Crippen molar-refractivity contribution in [2.24, 2.45) is 5.92 Å². The predicted molar refractivity (Wildman–Crippen MR) is 75.9 cm³/mol. The van der Waals surface area contributed by atoms with Gasteiger partial charge in [-0.3, -0.25) is 4.90 Å². The molecule has 0 radical (unpaired) electrons. The van der Waals surface area contributed by atoms with E-state index in [-0.39, 0.29) is 0 Å². The Labute approximate surface area is 112 Å². The molecule has 1 aliphatic heterocycles. The first-order chi connectivity index (χ1) is 8.70. The Morgan fingerprint density at radius 2 is 2.00 bits per heavy atom. The molecule has 1 N–H and O–H groups in total. The Balaban J connectivity index is 1.88. The molecule has 3 heteroatoms. The van der Waals surface area contributed by atoms with E-state index >= 15 is 0 Å². The third kappa shape index (κ3) is 3.69. The van der Waals surface area contributed by atoms with E-state index in [9.17, 15) is 0 Å². The van der Waals surface area contributed by atoms with Crippen molar-refractivity contribution in [1.29, 1.82) is 0 Å². The van der Waals surface area contributed by atoms with Crippen LogP contribution >= 0.6 is 0 Å². The Morgan fingerprint density at radius 1 is 1.22 bits per heavy atom. The Kier molecular flexibility index (Phi) is 5.46. The van der Waals surface area contributed by atoms with E-state index in [0.29, 0.717) is 12.1 Å².